The highest BCUT2D eigenvalue weighted by Crippen LogP contribution is 2.27. The van der Waals surface area contributed by atoms with Crippen LogP contribution in [0.15, 0.2) is 36.4 Å². The van der Waals surface area contributed by atoms with E-state index in [1.54, 1.807) is 13.8 Å². The standard InChI is InChI=1S/C40H54O12/c1-7-11-13-15-17-19-33(41)29-21-23-35(49-39(45)47-27(5)9-3)31(25-29)37(43)51-52-38(44)32-26-30(34(42)20-18-16-14-12-8-2)22-24-36(32)50-40(46)48-28(6)10-4/h21-28H,7-20H2,1-6H3. The van der Waals surface area contributed by atoms with Gasteiger partial charge in [0.2, 0.25) is 0 Å². The van der Waals surface area contributed by atoms with Crippen molar-refractivity contribution in [2.45, 2.75) is 144 Å². The highest BCUT2D eigenvalue weighted by Gasteiger charge is 2.26. The monoisotopic (exact) mass is 726 g/mol. The van der Waals surface area contributed by atoms with Gasteiger partial charge in [-0.15, -0.1) is 0 Å². The number of carbonyl (C=O) groups excluding carboxylic acids is 6. The molecule has 2 unspecified atom stereocenters. The fourth-order valence-corrected chi connectivity index (χ4v) is 4.86. The number of unbranched alkanes of at least 4 members (excludes halogenated alkanes) is 8. The van der Waals surface area contributed by atoms with Crippen molar-refractivity contribution in [3.05, 3.63) is 58.7 Å². The molecule has 12 heteroatoms. The predicted octanol–water partition coefficient (Wildman–Crippen LogP) is 10.3. The Morgan fingerprint density at radius 2 is 0.885 bits per heavy atom. The third kappa shape index (κ3) is 15.2. The molecule has 0 spiro atoms. The molecular formula is C40H54O12. The van der Waals surface area contributed by atoms with E-state index in [1.807, 2.05) is 13.8 Å². The molecule has 52 heavy (non-hydrogen) atoms. The molecule has 2 aromatic rings. The van der Waals surface area contributed by atoms with E-state index in [-0.39, 0.29) is 58.2 Å². The van der Waals surface area contributed by atoms with Gasteiger partial charge in [-0.05, 0) is 75.9 Å². The van der Waals surface area contributed by atoms with Gasteiger partial charge in [0.25, 0.3) is 0 Å². The number of ketones is 2. The summed E-state index contributed by atoms with van der Waals surface area (Å²) in [5.41, 5.74) is -0.446. The second-order valence-electron chi connectivity index (χ2n) is 12.7. The van der Waals surface area contributed by atoms with Crippen LogP contribution in [0.3, 0.4) is 0 Å². The fourth-order valence-electron chi connectivity index (χ4n) is 4.86. The van der Waals surface area contributed by atoms with Crippen molar-refractivity contribution in [2.24, 2.45) is 0 Å². The molecule has 0 aliphatic rings. The summed E-state index contributed by atoms with van der Waals surface area (Å²) in [6.07, 6.45) is 7.70. The normalized spacial score (nSPS) is 11.9. The minimum atomic E-state index is -1.27. The van der Waals surface area contributed by atoms with Crippen molar-refractivity contribution >= 4 is 35.8 Å². The van der Waals surface area contributed by atoms with Crippen LogP contribution in [-0.2, 0) is 19.2 Å². The molecule has 2 atom stereocenters. The van der Waals surface area contributed by atoms with Gasteiger partial charge in [-0.2, -0.15) is 0 Å². The lowest BCUT2D eigenvalue weighted by Gasteiger charge is -2.14. The zero-order valence-corrected chi connectivity index (χ0v) is 31.4. The molecule has 286 valence electrons. The molecule has 0 fully saturated rings. The largest absolute Gasteiger partial charge is 0.514 e. The molecule has 12 nitrogen and oxygen atoms in total. The maximum absolute atomic E-state index is 13.4. The van der Waals surface area contributed by atoms with Crippen molar-refractivity contribution in [2.75, 3.05) is 0 Å². The molecule has 0 heterocycles. The molecule has 0 amide bonds. The van der Waals surface area contributed by atoms with Crippen LogP contribution in [0.25, 0.3) is 0 Å². The van der Waals surface area contributed by atoms with Crippen LogP contribution in [0.4, 0.5) is 9.59 Å². The lowest BCUT2D eigenvalue weighted by atomic mass is 10.0. The number of benzene rings is 2. The summed E-state index contributed by atoms with van der Waals surface area (Å²) in [5, 5.41) is 0. The van der Waals surface area contributed by atoms with Gasteiger partial charge in [0, 0.05) is 24.0 Å². The van der Waals surface area contributed by atoms with E-state index >= 15 is 0 Å². The van der Waals surface area contributed by atoms with E-state index in [9.17, 15) is 28.8 Å². The number of Topliss-reactive ketones (excluding diaryl/α,β-unsaturated/α-hetero) is 2. The molecule has 0 aliphatic carbocycles. The Kier molecular flexibility index (Phi) is 19.8. The SMILES string of the molecule is CCCCCCCC(=O)c1ccc(OC(=O)OC(C)CC)c(C(=O)OOC(=O)c2cc(C(=O)CCCCCCC)ccc2OC(=O)OC(C)CC)c1. The Balaban J connectivity index is 2.34. The van der Waals surface area contributed by atoms with Crippen LogP contribution < -0.4 is 9.47 Å². The molecular weight excluding hydrogens is 672 g/mol. The zero-order chi connectivity index (χ0) is 38.5. The van der Waals surface area contributed by atoms with Crippen molar-refractivity contribution in [1.29, 1.82) is 0 Å². The Bertz CT molecular complexity index is 1390. The Hall–Kier alpha value is -4.74. The summed E-state index contributed by atoms with van der Waals surface area (Å²) in [6.45, 7) is 11.1. The molecule has 0 radical (unpaired) electrons. The number of hydrogen-bond donors (Lipinski definition) is 0. The average Bonchev–Trinajstić information content (AvgIpc) is 3.13. The molecule has 0 saturated heterocycles. The Labute approximate surface area is 306 Å². The third-order valence-corrected chi connectivity index (χ3v) is 8.38. The number of rotatable bonds is 22. The van der Waals surface area contributed by atoms with E-state index in [4.69, 9.17) is 28.7 Å². The summed E-state index contributed by atoms with van der Waals surface area (Å²) in [5.74, 6) is -3.61. The number of hydrogen-bond acceptors (Lipinski definition) is 12. The smallest absolute Gasteiger partial charge is 0.431 e. The molecule has 0 N–H and O–H groups in total. The summed E-state index contributed by atoms with van der Waals surface area (Å²) < 4.78 is 20.9. The van der Waals surface area contributed by atoms with Crippen LogP contribution in [-0.4, -0.2) is 48.0 Å². The zero-order valence-electron chi connectivity index (χ0n) is 31.4. The van der Waals surface area contributed by atoms with Crippen LogP contribution in [0.5, 0.6) is 11.5 Å². The maximum Gasteiger partial charge on any atom is 0.514 e. The second-order valence-corrected chi connectivity index (χ2v) is 12.7. The summed E-state index contributed by atoms with van der Waals surface area (Å²) in [4.78, 5) is 87.3. The van der Waals surface area contributed by atoms with Gasteiger partial charge < -0.3 is 18.9 Å². The van der Waals surface area contributed by atoms with Crippen molar-refractivity contribution in [3.63, 3.8) is 0 Å². The predicted molar refractivity (Wildman–Crippen MR) is 193 cm³/mol. The van der Waals surface area contributed by atoms with E-state index in [1.165, 1.54) is 36.4 Å². The van der Waals surface area contributed by atoms with Crippen molar-refractivity contribution in [3.8, 4) is 11.5 Å². The molecule has 0 bridgehead atoms. The van der Waals surface area contributed by atoms with Crippen molar-refractivity contribution in [1.82, 2.24) is 0 Å². The Morgan fingerprint density at radius 3 is 1.23 bits per heavy atom. The highest BCUT2D eigenvalue weighted by atomic mass is 17.2. The summed E-state index contributed by atoms with van der Waals surface area (Å²) in [7, 11) is 0. The lowest BCUT2D eigenvalue weighted by molar-refractivity contribution is -0.187. The first-order chi connectivity index (χ1) is 24.9. The first-order valence-electron chi connectivity index (χ1n) is 18.5. The van der Waals surface area contributed by atoms with Crippen LogP contribution in [0, 0.1) is 0 Å². The molecule has 0 saturated carbocycles. The van der Waals surface area contributed by atoms with Gasteiger partial charge in [0.1, 0.15) is 34.8 Å². The van der Waals surface area contributed by atoms with E-state index in [2.05, 4.69) is 13.8 Å². The Morgan fingerprint density at radius 1 is 0.519 bits per heavy atom. The lowest BCUT2D eigenvalue weighted by Crippen LogP contribution is -2.21. The number of carbonyl (C=O) groups is 6. The summed E-state index contributed by atoms with van der Waals surface area (Å²) in [6, 6.07) is 7.72. The highest BCUT2D eigenvalue weighted by molar-refractivity contribution is 6.02. The van der Waals surface area contributed by atoms with Gasteiger partial charge in [0.05, 0.1) is 0 Å². The van der Waals surface area contributed by atoms with Gasteiger partial charge in [-0.3, -0.25) is 9.59 Å². The topological polar surface area (TPSA) is 158 Å². The first kappa shape index (κ1) is 43.4. The number of ether oxygens (including phenoxy) is 4. The van der Waals surface area contributed by atoms with Crippen LogP contribution in [0.2, 0.25) is 0 Å². The van der Waals surface area contributed by atoms with Gasteiger partial charge in [-0.1, -0.05) is 79.1 Å². The molecule has 2 aromatic carbocycles. The minimum Gasteiger partial charge on any atom is -0.431 e. The van der Waals surface area contributed by atoms with E-state index in [0.717, 1.165) is 51.4 Å². The van der Waals surface area contributed by atoms with Gasteiger partial charge in [-0.25, -0.2) is 29.0 Å². The first-order valence-corrected chi connectivity index (χ1v) is 18.5. The fraction of sp³-hybridized carbons (Fsp3) is 0.550. The molecule has 0 aliphatic heterocycles. The van der Waals surface area contributed by atoms with Crippen LogP contribution >= 0.6 is 0 Å². The van der Waals surface area contributed by atoms with Gasteiger partial charge >= 0.3 is 24.2 Å². The summed E-state index contributed by atoms with van der Waals surface area (Å²) >= 11 is 0. The quantitative estimate of drug-likeness (QED) is 0.0283. The molecule has 0 aromatic heterocycles. The average molecular weight is 727 g/mol. The maximum atomic E-state index is 13.4. The second kappa shape index (κ2) is 23.7. The van der Waals surface area contributed by atoms with E-state index in [0.29, 0.717) is 25.7 Å². The van der Waals surface area contributed by atoms with E-state index < -0.39 is 36.5 Å². The van der Waals surface area contributed by atoms with Crippen LogP contribution in [0.1, 0.15) is 173 Å². The minimum absolute atomic E-state index is 0.160. The van der Waals surface area contributed by atoms with Gasteiger partial charge in [0.15, 0.2) is 11.6 Å². The molecule has 2 rings (SSSR count). The third-order valence-electron chi connectivity index (χ3n) is 8.38. The van der Waals surface area contributed by atoms with Crippen molar-refractivity contribution < 1.29 is 57.5 Å².